The van der Waals surface area contributed by atoms with Crippen LogP contribution in [0.5, 0.6) is 0 Å². The summed E-state index contributed by atoms with van der Waals surface area (Å²) in [6, 6.07) is 10.9. The average Bonchev–Trinajstić information content (AvgIpc) is 3.02. The van der Waals surface area contributed by atoms with E-state index in [1.165, 1.54) is 62.6 Å². The minimum absolute atomic E-state index is 0.816. The van der Waals surface area contributed by atoms with Crippen LogP contribution in [-0.2, 0) is 6.42 Å². The SMILES string of the molecule is Cc1ccc(CC2CCCN2C2CCCC2)cc1. The molecule has 2 fully saturated rings. The summed E-state index contributed by atoms with van der Waals surface area (Å²) in [4.78, 5) is 2.83. The molecule has 2 aliphatic rings. The number of aryl methyl sites for hydroxylation is 1. The number of hydrogen-bond acceptors (Lipinski definition) is 1. The Morgan fingerprint density at radius 3 is 2.44 bits per heavy atom. The highest BCUT2D eigenvalue weighted by atomic mass is 15.2. The minimum atomic E-state index is 0.816. The standard InChI is InChI=1S/C17H25N/c1-14-8-10-15(11-9-14)13-17-7-4-12-18(17)16-5-2-3-6-16/h8-11,16-17H,2-7,12-13H2,1H3. The second-order valence-electron chi connectivity index (χ2n) is 6.16. The molecule has 1 nitrogen and oxygen atoms in total. The summed E-state index contributed by atoms with van der Waals surface area (Å²) in [5.74, 6) is 0. The summed E-state index contributed by atoms with van der Waals surface area (Å²) in [6.07, 6.45) is 9.89. The number of nitrogens with zero attached hydrogens (tertiary/aromatic N) is 1. The van der Waals surface area contributed by atoms with E-state index in [4.69, 9.17) is 0 Å². The van der Waals surface area contributed by atoms with Crippen LogP contribution in [0.15, 0.2) is 24.3 Å². The molecule has 1 heterocycles. The lowest BCUT2D eigenvalue weighted by Crippen LogP contribution is -2.38. The van der Waals surface area contributed by atoms with Gasteiger partial charge in [0.2, 0.25) is 0 Å². The lowest BCUT2D eigenvalue weighted by molar-refractivity contribution is 0.181. The van der Waals surface area contributed by atoms with Gasteiger partial charge in [-0.1, -0.05) is 42.7 Å². The van der Waals surface area contributed by atoms with Crippen LogP contribution in [0.3, 0.4) is 0 Å². The van der Waals surface area contributed by atoms with E-state index in [-0.39, 0.29) is 0 Å². The number of benzene rings is 1. The van der Waals surface area contributed by atoms with E-state index in [2.05, 4.69) is 36.1 Å². The molecule has 3 rings (SSSR count). The Bertz CT molecular complexity index is 375. The topological polar surface area (TPSA) is 3.24 Å². The maximum absolute atomic E-state index is 2.83. The van der Waals surface area contributed by atoms with Crippen molar-refractivity contribution in [2.24, 2.45) is 0 Å². The van der Waals surface area contributed by atoms with Gasteiger partial charge >= 0.3 is 0 Å². The Kier molecular flexibility index (Phi) is 3.69. The highest BCUT2D eigenvalue weighted by molar-refractivity contribution is 5.22. The van der Waals surface area contributed by atoms with Gasteiger partial charge in [0.1, 0.15) is 0 Å². The van der Waals surface area contributed by atoms with Gasteiger partial charge in [-0.05, 0) is 51.1 Å². The molecule has 0 N–H and O–H groups in total. The van der Waals surface area contributed by atoms with Crippen molar-refractivity contribution in [1.82, 2.24) is 4.90 Å². The largest absolute Gasteiger partial charge is 0.297 e. The van der Waals surface area contributed by atoms with Crippen LogP contribution in [0, 0.1) is 6.92 Å². The zero-order chi connectivity index (χ0) is 12.4. The van der Waals surface area contributed by atoms with E-state index < -0.39 is 0 Å². The molecule has 18 heavy (non-hydrogen) atoms. The molecule has 98 valence electrons. The molecule has 1 aromatic rings. The quantitative estimate of drug-likeness (QED) is 0.777. The number of rotatable bonds is 3. The van der Waals surface area contributed by atoms with Crippen LogP contribution in [0.1, 0.15) is 49.7 Å². The van der Waals surface area contributed by atoms with Gasteiger partial charge in [-0.15, -0.1) is 0 Å². The smallest absolute Gasteiger partial charge is 0.0139 e. The normalized spacial score (nSPS) is 25.9. The van der Waals surface area contributed by atoms with Crippen molar-refractivity contribution in [2.75, 3.05) is 6.54 Å². The Balaban J connectivity index is 1.65. The van der Waals surface area contributed by atoms with Crippen molar-refractivity contribution in [2.45, 2.75) is 64.0 Å². The van der Waals surface area contributed by atoms with Crippen LogP contribution in [0.4, 0.5) is 0 Å². The van der Waals surface area contributed by atoms with Gasteiger partial charge in [-0.2, -0.15) is 0 Å². The van der Waals surface area contributed by atoms with Crippen LogP contribution < -0.4 is 0 Å². The molecule has 0 radical (unpaired) electrons. The highest BCUT2D eigenvalue weighted by Crippen LogP contribution is 2.31. The van der Waals surface area contributed by atoms with Gasteiger partial charge < -0.3 is 0 Å². The van der Waals surface area contributed by atoms with Crippen molar-refractivity contribution < 1.29 is 0 Å². The molecule has 1 saturated heterocycles. The maximum atomic E-state index is 2.83. The van der Waals surface area contributed by atoms with Crippen LogP contribution in [-0.4, -0.2) is 23.5 Å². The Morgan fingerprint density at radius 2 is 1.72 bits per heavy atom. The first-order valence-electron chi connectivity index (χ1n) is 7.64. The number of hydrogen-bond donors (Lipinski definition) is 0. The molecule has 1 aliphatic heterocycles. The molecule has 1 saturated carbocycles. The third-order valence-electron chi connectivity index (χ3n) is 4.81. The summed E-state index contributed by atoms with van der Waals surface area (Å²) in [5, 5.41) is 0. The first-order chi connectivity index (χ1) is 8.83. The van der Waals surface area contributed by atoms with Gasteiger partial charge in [0, 0.05) is 12.1 Å². The summed E-state index contributed by atoms with van der Waals surface area (Å²) in [5.41, 5.74) is 2.90. The molecule has 1 atom stereocenters. The molecule has 0 spiro atoms. The maximum Gasteiger partial charge on any atom is 0.0139 e. The molecule has 1 unspecified atom stereocenters. The Morgan fingerprint density at radius 1 is 1.00 bits per heavy atom. The summed E-state index contributed by atoms with van der Waals surface area (Å²) in [6.45, 7) is 3.52. The van der Waals surface area contributed by atoms with Gasteiger partial charge in [0.15, 0.2) is 0 Å². The third-order valence-corrected chi connectivity index (χ3v) is 4.81. The van der Waals surface area contributed by atoms with Gasteiger partial charge in [-0.3, -0.25) is 4.90 Å². The summed E-state index contributed by atoms with van der Waals surface area (Å²) < 4.78 is 0. The predicted molar refractivity (Wildman–Crippen MR) is 76.9 cm³/mol. The Hall–Kier alpha value is -0.820. The lowest BCUT2D eigenvalue weighted by Gasteiger charge is -2.30. The van der Waals surface area contributed by atoms with Crippen LogP contribution in [0.2, 0.25) is 0 Å². The molecule has 0 bridgehead atoms. The van der Waals surface area contributed by atoms with E-state index in [0.717, 1.165) is 12.1 Å². The highest BCUT2D eigenvalue weighted by Gasteiger charge is 2.31. The van der Waals surface area contributed by atoms with Crippen LogP contribution >= 0.6 is 0 Å². The average molecular weight is 243 g/mol. The monoisotopic (exact) mass is 243 g/mol. The van der Waals surface area contributed by atoms with Gasteiger partial charge in [0.25, 0.3) is 0 Å². The third kappa shape index (κ3) is 2.61. The van der Waals surface area contributed by atoms with E-state index >= 15 is 0 Å². The molecular formula is C17H25N. The van der Waals surface area contributed by atoms with Crippen molar-refractivity contribution in [3.8, 4) is 0 Å². The fourth-order valence-corrected chi connectivity index (χ4v) is 3.79. The Labute approximate surface area is 111 Å². The van der Waals surface area contributed by atoms with Crippen molar-refractivity contribution in [3.63, 3.8) is 0 Å². The van der Waals surface area contributed by atoms with Crippen LogP contribution in [0.25, 0.3) is 0 Å². The lowest BCUT2D eigenvalue weighted by atomic mass is 10.0. The summed E-state index contributed by atoms with van der Waals surface area (Å²) >= 11 is 0. The molecule has 1 aromatic carbocycles. The predicted octanol–water partition coefficient (Wildman–Crippen LogP) is 3.94. The molecule has 1 heteroatoms. The molecular weight excluding hydrogens is 218 g/mol. The zero-order valence-corrected chi connectivity index (χ0v) is 11.6. The molecule has 1 aliphatic carbocycles. The summed E-state index contributed by atoms with van der Waals surface area (Å²) in [7, 11) is 0. The first kappa shape index (κ1) is 12.2. The van der Waals surface area contributed by atoms with Crippen molar-refractivity contribution >= 4 is 0 Å². The van der Waals surface area contributed by atoms with E-state index in [0.29, 0.717) is 0 Å². The molecule has 0 aromatic heterocycles. The van der Waals surface area contributed by atoms with Crippen molar-refractivity contribution in [3.05, 3.63) is 35.4 Å². The van der Waals surface area contributed by atoms with E-state index in [9.17, 15) is 0 Å². The second kappa shape index (κ2) is 5.44. The van der Waals surface area contributed by atoms with Crippen molar-refractivity contribution in [1.29, 1.82) is 0 Å². The number of likely N-dealkylation sites (tertiary alicyclic amines) is 1. The fraction of sp³-hybridized carbons (Fsp3) is 0.647. The minimum Gasteiger partial charge on any atom is -0.297 e. The van der Waals surface area contributed by atoms with Gasteiger partial charge in [-0.25, -0.2) is 0 Å². The fourth-order valence-electron chi connectivity index (χ4n) is 3.79. The zero-order valence-electron chi connectivity index (χ0n) is 11.6. The van der Waals surface area contributed by atoms with E-state index in [1.807, 2.05) is 0 Å². The van der Waals surface area contributed by atoms with Gasteiger partial charge in [0.05, 0.1) is 0 Å². The van der Waals surface area contributed by atoms with E-state index in [1.54, 1.807) is 0 Å². The first-order valence-corrected chi connectivity index (χ1v) is 7.64. The molecule has 0 amide bonds. The second-order valence-corrected chi connectivity index (χ2v) is 6.16.